The van der Waals surface area contributed by atoms with Gasteiger partial charge in [-0.15, -0.1) is 0 Å². The van der Waals surface area contributed by atoms with Crippen molar-refractivity contribution in [2.24, 2.45) is 0 Å². The van der Waals surface area contributed by atoms with Crippen LogP contribution in [0.3, 0.4) is 0 Å². The van der Waals surface area contributed by atoms with Crippen LogP contribution in [0.2, 0.25) is 0 Å². The first-order valence-corrected chi connectivity index (χ1v) is 22.4. The minimum Gasteiger partial charge on any atom is -0.457 e. The first-order valence-electron chi connectivity index (χ1n) is 20.9. The minimum absolute atomic E-state index is 0.0206. The molecule has 0 bridgehead atoms. The van der Waals surface area contributed by atoms with Gasteiger partial charge in [-0.2, -0.15) is 0 Å². The van der Waals surface area contributed by atoms with Crippen molar-refractivity contribution < 1.29 is 43.0 Å². The summed E-state index contributed by atoms with van der Waals surface area (Å²) < 4.78 is 33.3. The third-order valence-corrected chi connectivity index (χ3v) is 9.33. The SMILES string of the molecule is CC/C=C\C/C=C\C/C=C\C/C=C\CCCCCOCC(COP(=O)(O)OCC(O)CO)OC(=O)CCCCCCCCC/C=C\C/C=C\CCCCC. The Morgan fingerprint density at radius 2 is 1.06 bits per heavy atom. The number of hydrogen-bond acceptors (Lipinski definition) is 8. The molecule has 0 saturated carbocycles. The molecule has 54 heavy (non-hydrogen) atoms. The summed E-state index contributed by atoms with van der Waals surface area (Å²) in [5.41, 5.74) is 0. The van der Waals surface area contributed by atoms with Crippen molar-refractivity contribution in [3.8, 4) is 0 Å². The van der Waals surface area contributed by atoms with Crippen LogP contribution < -0.4 is 0 Å². The molecule has 0 aliphatic heterocycles. The number of carbonyl (C=O) groups excluding carboxylic acids is 1. The molecule has 0 spiro atoms. The van der Waals surface area contributed by atoms with Crippen LogP contribution in [0.1, 0.15) is 155 Å². The number of phosphoric ester groups is 1. The average molecular weight is 781 g/mol. The molecule has 0 aromatic rings. The Bertz CT molecular complexity index is 1070. The van der Waals surface area contributed by atoms with E-state index in [-0.39, 0.29) is 13.0 Å². The van der Waals surface area contributed by atoms with Gasteiger partial charge in [0, 0.05) is 13.0 Å². The van der Waals surface area contributed by atoms with Crippen molar-refractivity contribution in [1.82, 2.24) is 0 Å². The van der Waals surface area contributed by atoms with Crippen molar-refractivity contribution in [2.45, 2.75) is 167 Å². The number of allylic oxidation sites excluding steroid dienone is 12. The summed E-state index contributed by atoms with van der Waals surface area (Å²) in [5, 5.41) is 18.3. The van der Waals surface area contributed by atoms with Gasteiger partial charge >= 0.3 is 13.8 Å². The summed E-state index contributed by atoms with van der Waals surface area (Å²) in [7, 11) is -4.53. The number of ether oxygens (including phenoxy) is 2. The van der Waals surface area contributed by atoms with Crippen LogP contribution in [0.25, 0.3) is 0 Å². The fourth-order valence-electron chi connectivity index (χ4n) is 5.20. The molecule has 10 heteroatoms. The molecule has 0 saturated heterocycles. The normalized spacial score (nSPS) is 14.8. The highest BCUT2D eigenvalue weighted by Crippen LogP contribution is 2.43. The minimum atomic E-state index is -4.53. The van der Waals surface area contributed by atoms with Crippen LogP contribution in [-0.2, 0) is 27.9 Å². The highest BCUT2D eigenvalue weighted by atomic mass is 31.2. The molecule has 0 aliphatic rings. The van der Waals surface area contributed by atoms with Gasteiger partial charge in [0.1, 0.15) is 12.2 Å². The fourth-order valence-corrected chi connectivity index (χ4v) is 5.99. The number of carbonyl (C=O) groups is 1. The van der Waals surface area contributed by atoms with Gasteiger partial charge in [-0.05, 0) is 83.5 Å². The van der Waals surface area contributed by atoms with Gasteiger partial charge in [-0.1, -0.05) is 138 Å². The van der Waals surface area contributed by atoms with Crippen molar-refractivity contribution in [3.05, 3.63) is 72.9 Å². The van der Waals surface area contributed by atoms with E-state index in [2.05, 4.69) is 86.8 Å². The summed E-state index contributed by atoms with van der Waals surface area (Å²) in [6.45, 7) is 3.27. The van der Waals surface area contributed by atoms with Gasteiger partial charge in [0.25, 0.3) is 0 Å². The molecule has 0 heterocycles. The molecule has 3 atom stereocenters. The zero-order valence-corrected chi connectivity index (χ0v) is 34.8. The zero-order valence-electron chi connectivity index (χ0n) is 33.9. The van der Waals surface area contributed by atoms with Crippen molar-refractivity contribution >= 4 is 13.8 Å². The smallest absolute Gasteiger partial charge is 0.457 e. The van der Waals surface area contributed by atoms with E-state index in [1.165, 1.54) is 44.9 Å². The molecular formula is C44H77O9P. The van der Waals surface area contributed by atoms with E-state index in [1.54, 1.807) is 0 Å². The lowest BCUT2D eigenvalue weighted by Crippen LogP contribution is -2.29. The molecule has 9 nitrogen and oxygen atoms in total. The number of rotatable bonds is 39. The van der Waals surface area contributed by atoms with Crippen molar-refractivity contribution in [1.29, 1.82) is 0 Å². The number of hydrogen-bond donors (Lipinski definition) is 3. The van der Waals surface area contributed by atoms with Gasteiger partial charge in [0.15, 0.2) is 0 Å². The second-order valence-electron chi connectivity index (χ2n) is 13.6. The third-order valence-electron chi connectivity index (χ3n) is 8.38. The van der Waals surface area contributed by atoms with Crippen LogP contribution in [-0.4, -0.2) is 66.3 Å². The van der Waals surface area contributed by atoms with E-state index in [0.29, 0.717) is 13.0 Å². The molecule has 0 aromatic carbocycles. The van der Waals surface area contributed by atoms with Crippen LogP contribution >= 0.6 is 7.82 Å². The first-order chi connectivity index (χ1) is 26.3. The van der Waals surface area contributed by atoms with E-state index in [4.69, 9.17) is 23.6 Å². The molecule has 3 unspecified atom stereocenters. The first kappa shape index (κ1) is 51.9. The Morgan fingerprint density at radius 3 is 1.59 bits per heavy atom. The lowest BCUT2D eigenvalue weighted by atomic mass is 10.1. The van der Waals surface area contributed by atoms with Gasteiger partial charge in [0.2, 0.25) is 0 Å². The topological polar surface area (TPSA) is 132 Å². The average Bonchev–Trinajstić information content (AvgIpc) is 3.16. The molecule has 0 amide bonds. The number of esters is 1. The number of unbranched alkanes of at least 4 members (excludes halogenated alkanes) is 13. The zero-order chi connectivity index (χ0) is 39.6. The van der Waals surface area contributed by atoms with Gasteiger partial charge in [-0.25, -0.2) is 4.57 Å². The molecule has 0 rings (SSSR count). The maximum absolute atomic E-state index is 12.6. The Kier molecular flexibility index (Phi) is 39.0. The largest absolute Gasteiger partial charge is 0.472 e. The molecule has 0 aliphatic carbocycles. The van der Waals surface area contributed by atoms with Gasteiger partial charge in [-0.3, -0.25) is 13.8 Å². The summed E-state index contributed by atoms with van der Waals surface area (Å²) in [6.07, 6.45) is 47.1. The van der Waals surface area contributed by atoms with Crippen LogP contribution in [0.5, 0.6) is 0 Å². The molecular weight excluding hydrogens is 703 g/mol. The predicted octanol–water partition coefficient (Wildman–Crippen LogP) is 11.4. The standard InChI is InChI=1S/C44H77O9P/c1-3-5-7-9-11-13-15-17-19-21-22-24-26-28-30-32-34-36-44(47)53-43(41-52-54(48,49)51-39-42(46)38-45)40-50-37-35-33-31-29-27-25-23-20-18-16-14-12-10-8-6-4-2/h6,8,11-14,17-20,25,27,42-43,45-46H,3-5,7,9-10,15-16,21-24,26,28-41H2,1-2H3,(H,48,49)/b8-6-,13-11-,14-12-,19-17-,20-18-,27-25-. The quantitative estimate of drug-likeness (QED) is 0.0241. The van der Waals surface area contributed by atoms with Gasteiger partial charge < -0.3 is 24.6 Å². The lowest BCUT2D eigenvalue weighted by Gasteiger charge is -2.20. The maximum atomic E-state index is 12.6. The number of aliphatic hydroxyl groups is 2. The molecule has 0 radical (unpaired) electrons. The number of aliphatic hydroxyl groups excluding tert-OH is 2. The van der Waals surface area contributed by atoms with Crippen LogP contribution in [0, 0.1) is 0 Å². The Morgan fingerprint density at radius 1 is 0.593 bits per heavy atom. The van der Waals surface area contributed by atoms with E-state index < -0.39 is 45.8 Å². The third kappa shape index (κ3) is 39.6. The molecule has 3 N–H and O–H groups in total. The summed E-state index contributed by atoms with van der Waals surface area (Å²) in [5.74, 6) is -0.405. The number of phosphoric acid groups is 1. The van der Waals surface area contributed by atoms with Crippen molar-refractivity contribution in [3.63, 3.8) is 0 Å². The maximum Gasteiger partial charge on any atom is 0.472 e. The van der Waals surface area contributed by atoms with E-state index in [0.717, 1.165) is 83.5 Å². The summed E-state index contributed by atoms with van der Waals surface area (Å²) in [4.78, 5) is 22.6. The second-order valence-corrected chi connectivity index (χ2v) is 15.1. The highest BCUT2D eigenvalue weighted by Gasteiger charge is 2.26. The van der Waals surface area contributed by atoms with E-state index in [9.17, 15) is 19.4 Å². The summed E-state index contributed by atoms with van der Waals surface area (Å²) in [6, 6.07) is 0. The highest BCUT2D eigenvalue weighted by molar-refractivity contribution is 7.47. The lowest BCUT2D eigenvalue weighted by molar-refractivity contribution is -0.154. The van der Waals surface area contributed by atoms with Crippen LogP contribution in [0.4, 0.5) is 0 Å². The fraction of sp³-hybridized carbons (Fsp3) is 0.705. The molecule has 0 fully saturated rings. The predicted molar refractivity (Wildman–Crippen MR) is 223 cm³/mol. The Hall–Kier alpha value is -2.10. The molecule has 312 valence electrons. The van der Waals surface area contributed by atoms with E-state index in [1.807, 2.05) is 0 Å². The van der Waals surface area contributed by atoms with E-state index >= 15 is 0 Å². The monoisotopic (exact) mass is 781 g/mol. The van der Waals surface area contributed by atoms with Gasteiger partial charge in [0.05, 0.1) is 26.4 Å². The van der Waals surface area contributed by atoms with Crippen molar-refractivity contribution in [2.75, 3.05) is 33.0 Å². The molecule has 0 aromatic heterocycles. The Labute approximate surface area is 329 Å². The second kappa shape index (κ2) is 40.6. The summed E-state index contributed by atoms with van der Waals surface area (Å²) >= 11 is 0. The Balaban J connectivity index is 4.28. The van der Waals surface area contributed by atoms with Crippen LogP contribution in [0.15, 0.2) is 72.9 Å².